The highest BCUT2D eigenvalue weighted by Crippen LogP contribution is 2.17. The number of halogens is 4. The number of nitrogens with zero attached hydrogens (tertiary/aromatic N) is 2. The normalized spacial score (nSPS) is 15.5. The Morgan fingerprint density at radius 2 is 1.61 bits per heavy atom. The summed E-state index contributed by atoms with van der Waals surface area (Å²) in [7, 11) is 0. The maximum Gasteiger partial charge on any atom is 0.471 e. The lowest BCUT2D eigenvalue weighted by Crippen LogP contribution is -2.52. The van der Waals surface area contributed by atoms with Gasteiger partial charge >= 0.3 is 12.1 Å². The van der Waals surface area contributed by atoms with Gasteiger partial charge in [-0.3, -0.25) is 9.59 Å². The molecule has 1 N–H and O–H groups in total. The zero-order chi connectivity index (χ0) is 17.0. The second kappa shape index (κ2) is 6.84. The molecule has 126 valence electrons. The molecule has 1 aromatic carbocycles. The largest absolute Gasteiger partial charge is 0.471 e. The quantitative estimate of drug-likeness (QED) is 0.845. The number of rotatable bonds is 3. The predicted molar refractivity (Wildman–Crippen MR) is 74.3 cm³/mol. The van der Waals surface area contributed by atoms with Crippen molar-refractivity contribution in [3.05, 3.63) is 30.1 Å². The Balaban J connectivity index is 1.81. The molecule has 2 rings (SSSR count). The Bertz CT molecular complexity index is 566. The molecule has 0 radical (unpaired) electrons. The molecule has 9 heteroatoms. The fourth-order valence-electron chi connectivity index (χ4n) is 2.23. The highest BCUT2D eigenvalue weighted by atomic mass is 19.4. The smallest absolute Gasteiger partial charge is 0.368 e. The Hall–Kier alpha value is -2.32. The molecule has 0 spiro atoms. The lowest BCUT2D eigenvalue weighted by molar-refractivity contribution is -0.174. The van der Waals surface area contributed by atoms with Crippen LogP contribution in [0.5, 0.6) is 0 Å². The molecule has 1 saturated heterocycles. The Morgan fingerprint density at radius 1 is 1.04 bits per heavy atom. The zero-order valence-electron chi connectivity index (χ0n) is 12.1. The van der Waals surface area contributed by atoms with Crippen molar-refractivity contribution in [2.24, 2.45) is 0 Å². The minimum absolute atomic E-state index is 0.318. The molecule has 23 heavy (non-hydrogen) atoms. The number of anilines is 1. The first kappa shape index (κ1) is 17.0. The van der Waals surface area contributed by atoms with Gasteiger partial charge in [0.2, 0.25) is 5.91 Å². The first-order chi connectivity index (χ1) is 10.8. The molecular formula is C14H15F4N3O2. The lowest BCUT2D eigenvalue weighted by Gasteiger charge is -2.36. The molecule has 0 unspecified atom stereocenters. The van der Waals surface area contributed by atoms with Crippen LogP contribution in [0.25, 0.3) is 0 Å². The Kier molecular flexibility index (Phi) is 5.07. The molecule has 1 heterocycles. The van der Waals surface area contributed by atoms with Gasteiger partial charge in [-0.25, -0.2) is 4.39 Å². The summed E-state index contributed by atoms with van der Waals surface area (Å²) in [6.45, 7) is 0.903. The van der Waals surface area contributed by atoms with Gasteiger partial charge in [-0.05, 0) is 24.3 Å². The van der Waals surface area contributed by atoms with Gasteiger partial charge in [0.05, 0.1) is 6.54 Å². The van der Waals surface area contributed by atoms with E-state index in [-0.39, 0.29) is 5.82 Å². The van der Waals surface area contributed by atoms with Crippen LogP contribution in [0.4, 0.5) is 23.2 Å². The van der Waals surface area contributed by atoms with Crippen molar-refractivity contribution in [3.63, 3.8) is 0 Å². The van der Waals surface area contributed by atoms with E-state index in [2.05, 4.69) is 0 Å². The first-order valence-electron chi connectivity index (χ1n) is 6.90. The summed E-state index contributed by atoms with van der Waals surface area (Å²) in [5.74, 6) is -3.04. The maximum atomic E-state index is 12.9. The van der Waals surface area contributed by atoms with E-state index >= 15 is 0 Å². The number of nitrogens with one attached hydrogen (secondary N) is 1. The molecule has 0 atom stereocenters. The van der Waals surface area contributed by atoms with Gasteiger partial charge in [0.15, 0.2) is 0 Å². The Labute approximate surface area is 129 Å². The van der Waals surface area contributed by atoms with Gasteiger partial charge in [-0.2, -0.15) is 13.2 Å². The van der Waals surface area contributed by atoms with Gasteiger partial charge in [0.1, 0.15) is 5.82 Å². The van der Waals surface area contributed by atoms with E-state index in [4.69, 9.17) is 0 Å². The van der Waals surface area contributed by atoms with E-state index < -0.39 is 24.5 Å². The zero-order valence-corrected chi connectivity index (χ0v) is 12.1. The fourth-order valence-corrected chi connectivity index (χ4v) is 2.23. The van der Waals surface area contributed by atoms with Crippen LogP contribution >= 0.6 is 0 Å². The summed E-state index contributed by atoms with van der Waals surface area (Å²) in [5, 5.41) is 1.56. The third kappa shape index (κ3) is 4.57. The second-order valence-electron chi connectivity index (χ2n) is 5.02. The molecule has 5 nitrogen and oxygen atoms in total. The predicted octanol–water partition coefficient (Wildman–Crippen LogP) is 1.15. The molecule has 0 aliphatic carbocycles. The number of alkyl halides is 3. The summed E-state index contributed by atoms with van der Waals surface area (Å²) in [6, 6.07) is 5.91. The molecule has 0 bridgehead atoms. The van der Waals surface area contributed by atoms with Crippen LogP contribution in [0, 0.1) is 5.82 Å². The van der Waals surface area contributed by atoms with Crippen molar-refractivity contribution >= 4 is 17.5 Å². The number of benzene rings is 1. The van der Waals surface area contributed by atoms with Gasteiger partial charge in [-0.1, -0.05) is 0 Å². The third-order valence-corrected chi connectivity index (χ3v) is 3.48. The summed E-state index contributed by atoms with van der Waals surface area (Å²) < 4.78 is 49.0. The van der Waals surface area contributed by atoms with Crippen molar-refractivity contribution in [1.29, 1.82) is 0 Å². The highest BCUT2D eigenvalue weighted by molar-refractivity contribution is 5.87. The minimum atomic E-state index is -5.00. The molecule has 1 aliphatic rings. The number of carbonyl (C=O) groups excluding carboxylic acids is 2. The van der Waals surface area contributed by atoms with E-state index in [1.165, 1.54) is 17.0 Å². The van der Waals surface area contributed by atoms with Crippen molar-refractivity contribution in [2.75, 3.05) is 37.6 Å². The number of hydrogen-bond donors (Lipinski definition) is 1. The molecule has 2 amide bonds. The van der Waals surface area contributed by atoms with Gasteiger partial charge in [-0.15, -0.1) is 0 Å². The number of amides is 2. The Morgan fingerprint density at radius 3 is 2.13 bits per heavy atom. The molecular weight excluding hydrogens is 318 g/mol. The lowest BCUT2D eigenvalue weighted by atomic mass is 10.2. The summed E-state index contributed by atoms with van der Waals surface area (Å²) in [6.07, 6.45) is -5.00. The van der Waals surface area contributed by atoms with Crippen molar-refractivity contribution in [1.82, 2.24) is 10.2 Å². The van der Waals surface area contributed by atoms with Crippen molar-refractivity contribution < 1.29 is 27.2 Å². The van der Waals surface area contributed by atoms with E-state index in [1.54, 1.807) is 17.4 Å². The van der Waals surface area contributed by atoms with E-state index in [1.807, 2.05) is 4.90 Å². The van der Waals surface area contributed by atoms with Crippen LogP contribution in [0.15, 0.2) is 24.3 Å². The highest BCUT2D eigenvalue weighted by Gasteiger charge is 2.38. The van der Waals surface area contributed by atoms with Crippen LogP contribution in [-0.2, 0) is 9.59 Å². The SMILES string of the molecule is O=C(CNC(=O)C(F)(F)F)N1CCN(c2ccc(F)cc2)CC1. The monoisotopic (exact) mass is 333 g/mol. The molecule has 1 aromatic rings. The topological polar surface area (TPSA) is 52.7 Å². The summed E-state index contributed by atoms with van der Waals surface area (Å²) in [5.41, 5.74) is 0.809. The molecule has 0 aromatic heterocycles. The van der Waals surface area contributed by atoms with Gasteiger partial charge < -0.3 is 15.1 Å². The van der Waals surface area contributed by atoms with Crippen LogP contribution < -0.4 is 10.2 Å². The van der Waals surface area contributed by atoms with Crippen LogP contribution in [0.2, 0.25) is 0 Å². The van der Waals surface area contributed by atoms with Crippen molar-refractivity contribution in [2.45, 2.75) is 6.18 Å². The number of hydrogen-bond acceptors (Lipinski definition) is 3. The second-order valence-corrected chi connectivity index (χ2v) is 5.02. The van der Waals surface area contributed by atoms with Gasteiger partial charge in [0.25, 0.3) is 0 Å². The van der Waals surface area contributed by atoms with E-state index in [0.29, 0.717) is 26.2 Å². The average Bonchev–Trinajstić information content (AvgIpc) is 2.52. The number of piperazine rings is 1. The van der Waals surface area contributed by atoms with Crippen LogP contribution in [-0.4, -0.2) is 55.6 Å². The van der Waals surface area contributed by atoms with Crippen LogP contribution in [0.1, 0.15) is 0 Å². The third-order valence-electron chi connectivity index (χ3n) is 3.48. The standard InChI is InChI=1S/C14H15F4N3O2/c15-10-1-3-11(4-2-10)20-5-7-21(8-6-20)12(22)9-19-13(23)14(16,17)18/h1-4H,5-9H2,(H,19,23). The molecule has 1 aliphatic heterocycles. The first-order valence-corrected chi connectivity index (χ1v) is 6.90. The summed E-state index contributed by atoms with van der Waals surface area (Å²) in [4.78, 5) is 25.8. The van der Waals surface area contributed by atoms with Crippen molar-refractivity contribution in [3.8, 4) is 0 Å². The molecule has 1 fully saturated rings. The van der Waals surface area contributed by atoms with E-state index in [0.717, 1.165) is 5.69 Å². The average molecular weight is 333 g/mol. The maximum absolute atomic E-state index is 12.9. The van der Waals surface area contributed by atoms with Gasteiger partial charge in [0, 0.05) is 31.9 Å². The summed E-state index contributed by atoms with van der Waals surface area (Å²) >= 11 is 0. The van der Waals surface area contributed by atoms with Crippen LogP contribution in [0.3, 0.4) is 0 Å². The van der Waals surface area contributed by atoms with E-state index in [9.17, 15) is 27.2 Å². The minimum Gasteiger partial charge on any atom is -0.368 e. The molecule has 0 saturated carbocycles. The fraction of sp³-hybridized carbons (Fsp3) is 0.429. The number of carbonyl (C=O) groups is 2.